The minimum atomic E-state index is 0.324. The molecule has 28 heavy (non-hydrogen) atoms. The Labute approximate surface area is 168 Å². The van der Waals surface area contributed by atoms with E-state index in [1.165, 1.54) is 4.80 Å². The third-order valence-corrected chi connectivity index (χ3v) is 5.01. The van der Waals surface area contributed by atoms with E-state index in [-0.39, 0.29) is 0 Å². The van der Waals surface area contributed by atoms with Gasteiger partial charge in [0.2, 0.25) is 5.69 Å². The number of piperazine rings is 1. The lowest BCUT2D eigenvalue weighted by Gasteiger charge is -2.36. The lowest BCUT2D eigenvalue weighted by molar-refractivity contribution is 0.414. The van der Waals surface area contributed by atoms with Crippen LogP contribution in [0, 0.1) is 11.3 Å². The molecule has 0 N–H and O–H groups in total. The maximum Gasteiger partial charge on any atom is 0.207 e. The first-order valence-corrected chi connectivity index (χ1v) is 9.33. The summed E-state index contributed by atoms with van der Waals surface area (Å²) in [5.74, 6) is 1.46. The van der Waals surface area contributed by atoms with Crippen molar-refractivity contribution in [1.82, 2.24) is 15.0 Å². The van der Waals surface area contributed by atoms with Crippen molar-refractivity contribution in [2.24, 2.45) is 0 Å². The minimum absolute atomic E-state index is 0.324. The Bertz CT molecular complexity index is 1000. The van der Waals surface area contributed by atoms with Gasteiger partial charge in [0.25, 0.3) is 0 Å². The summed E-state index contributed by atoms with van der Waals surface area (Å²) < 4.78 is 5.32. The van der Waals surface area contributed by atoms with Gasteiger partial charge in [0.15, 0.2) is 5.82 Å². The van der Waals surface area contributed by atoms with Crippen LogP contribution in [0.5, 0.6) is 5.75 Å². The van der Waals surface area contributed by atoms with Gasteiger partial charge in [0.1, 0.15) is 11.8 Å². The summed E-state index contributed by atoms with van der Waals surface area (Å²) in [4.78, 5) is 5.89. The van der Waals surface area contributed by atoms with Crippen LogP contribution in [-0.4, -0.2) is 48.3 Å². The number of hydrogen-bond acceptors (Lipinski definition) is 6. The first-order chi connectivity index (χ1) is 13.7. The lowest BCUT2D eigenvalue weighted by Crippen LogP contribution is -2.47. The molecule has 0 aliphatic carbocycles. The number of hydrogen-bond donors (Lipinski definition) is 0. The van der Waals surface area contributed by atoms with Gasteiger partial charge in [-0.2, -0.15) is 5.26 Å². The third-order valence-electron chi connectivity index (χ3n) is 4.76. The highest BCUT2D eigenvalue weighted by molar-refractivity contribution is 6.30. The molecule has 8 heteroatoms. The van der Waals surface area contributed by atoms with Gasteiger partial charge in [-0.3, -0.25) is 0 Å². The SMILES string of the molecule is COc1cccc(N2CCN(c3nn(-c4ccc(Cl)cc4)nc3C#N)CC2)c1. The highest BCUT2D eigenvalue weighted by Gasteiger charge is 2.23. The van der Waals surface area contributed by atoms with Crippen molar-refractivity contribution >= 4 is 23.1 Å². The number of benzene rings is 2. The molecule has 0 unspecified atom stereocenters. The lowest BCUT2D eigenvalue weighted by atomic mass is 10.2. The van der Waals surface area contributed by atoms with E-state index in [4.69, 9.17) is 16.3 Å². The fourth-order valence-electron chi connectivity index (χ4n) is 3.26. The molecule has 2 aromatic carbocycles. The summed E-state index contributed by atoms with van der Waals surface area (Å²) in [7, 11) is 1.67. The summed E-state index contributed by atoms with van der Waals surface area (Å²) in [5, 5.41) is 19.0. The number of halogens is 1. The van der Waals surface area contributed by atoms with Crippen LogP contribution in [0.2, 0.25) is 5.02 Å². The molecule has 7 nitrogen and oxygen atoms in total. The van der Waals surface area contributed by atoms with Crippen LogP contribution in [-0.2, 0) is 0 Å². The molecule has 1 fully saturated rings. The van der Waals surface area contributed by atoms with E-state index in [1.54, 1.807) is 19.2 Å². The van der Waals surface area contributed by atoms with E-state index in [0.29, 0.717) is 16.5 Å². The number of rotatable bonds is 4. The van der Waals surface area contributed by atoms with Crippen molar-refractivity contribution in [3.8, 4) is 17.5 Å². The van der Waals surface area contributed by atoms with E-state index in [1.807, 2.05) is 30.3 Å². The number of nitrogens with zero attached hydrogens (tertiary/aromatic N) is 6. The number of methoxy groups -OCH3 is 1. The molecule has 0 bridgehead atoms. The molecular formula is C20H19ClN6O. The Morgan fingerprint density at radius 2 is 1.68 bits per heavy atom. The van der Waals surface area contributed by atoms with Gasteiger partial charge in [0, 0.05) is 43.0 Å². The Morgan fingerprint density at radius 3 is 2.36 bits per heavy atom. The zero-order valence-electron chi connectivity index (χ0n) is 15.4. The summed E-state index contributed by atoms with van der Waals surface area (Å²) in [6, 6.07) is 17.4. The molecule has 3 aromatic rings. The van der Waals surface area contributed by atoms with E-state index in [9.17, 15) is 5.26 Å². The van der Waals surface area contributed by atoms with Gasteiger partial charge >= 0.3 is 0 Å². The van der Waals surface area contributed by atoms with Crippen molar-refractivity contribution < 1.29 is 4.74 Å². The molecule has 1 aromatic heterocycles. The van der Waals surface area contributed by atoms with Crippen LogP contribution in [0.25, 0.3) is 5.69 Å². The number of anilines is 2. The summed E-state index contributed by atoms with van der Waals surface area (Å²) in [6.45, 7) is 3.16. The van der Waals surface area contributed by atoms with Crippen molar-refractivity contribution in [2.45, 2.75) is 0 Å². The van der Waals surface area contributed by atoms with Crippen LogP contribution in [0.3, 0.4) is 0 Å². The predicted octanol–water partition coefficient (Wildman–Crippen LogP) is 3.13. The quantitative estimate of drug-likeness (QED) is 0.677. The standard InChI is InChI=1S/C20H19ClN6O/c1-28-18-4-2-3-17(13-18)25-9-11-26(12-10-25)20-19(14-22)23-27(24-20)16-7-5-15(21)6-8-16/h2-8,13H,9-12H2,1H3. The zero-order valence-corrected chi connectivity index (χ0v) is 16.2. The monoisotopic (exact) mass is 394 g/mol. The van der Waals surface area contributed by atoms with Crippen molar-refractivity contribution in [3.05, 3.63) is 59.2 Å². The zero-order chi connectivity index (χ0) is 19.5. The molecule has 1 saturated heterocycles. The summed E-state index contributed by atoms with van der Waals surface area (Å²) >= 11 is 5.94. The Morgan fingerprint density at radius 1 is 0.964 bits per heavy atom. The van der Waals surface area contributed by atoms with E-state index >= 15 is 0 Å². The Kier molecular flexibility index (Phi) is 5.04. The van der Waals surface area contributed by atoms with E-state index in [0.717, 1.165) is 43.3 Å². The maximum absolute atomic E-state index is 9.50. The predicted molar refractivity (Wildman–Crippen MR) is 109 cm³/mol. The van der Waals surface area contributed by atoms with Gasteiger partial charge in [-0.15, -0.1) is 15.0 Å². The van der Waals surface area contributed by atoms with Gasteiger partial charge in [-0.1, -0.05) is 17.7 Å². The average molecular weight is 395 g/mol. The third kappa shape index (κ3) is 3.59. The van der Waals surface area contributed by atoms with Crippen LogP contribution in [0.1, 0.15) is 5.69 Å². The Balaban J connectivity index is 1.51. The minimum Gasteiger partial charge on any atom is -0.497 e. The first-order valence-electron chi connectivity index (χ1n) is 8.95. The molecule has 2 heterocycles. The van der Waals surface area contributed by atoms with Crippen LogP contribution < -0.4 is 14.5 Å². The molecule has 0 amide bonds. The topological polar surface area (TPSA) is 70.2 Å². The number of nitriles is 1. The normalized spacial score (nSPS) is 14.0. The smallest absolute Gasteiger partial charge is 0.207 e. The fourth-order valence-corrected chi connectivity index (χ4v) is 3.38. The summed E-state index contributed by atoms with van der Waals surface area (Å²) in [5.41, 5.74) is 2.22. The molecule has 0 radical (unpaired) electrons. The molecule has 1 aliphatic heterocycles. The highest BCUT2D eigenvalue weighted by Crippen LogP contribution is 2.25. The molecule has 0 spiro atoms. The molecular weight excluding hydrogens is 376 g/mol. The summed E-state index contributed by atoms with van der Waals surface area (Å²) in [6.07, 6.45) is 0. The molecule has 142 valence electrons. The van der Waals surface area contributed by atoms with Crippen molar-refractivity contribution in [1.29, 1.82) is 5.26 Å². The van der Waals surface area contributed by atoms with Crippen molar-refractivity contribution in [2.75, 3.05) is 43.1 Å². The van der Waals surface area contributed by atoms with Crippen LogP contribution >= 0.6 is 11.6 Å². The molecule has 4 rings (SSSR count). The van der Waals surface area contributed by atoms with E-state index in [2.05, 4.69) is 32.1 Å². The number of ether oxygens (including phenoxy) is 1. The van der Waals surface area contributed by atoms with Crippen molar-refractivity contribution in [3.63, 3.8) is 0 Å². The largest absolute Gasteiger partial charge is 0.497 e. The second kappa shape index (κ2) is 7.79. The molecule has 0 atom stereocenters. The maximum atomic E-state index is 9.50. The molecule has 1 aliphatic rings. The van der Waals surface area contributed by atoms with Gasteiger partial charge in [0.05, 0.1) is 12.8 Å². The molecule has 0 saturated carbocycles. The van der Waals surface area contributed by atoms with Gasteiger partial charge in [-0.25, -0.2) is 0 Å². The number of aromatic nitrogens is 3. The van der Waals surface area contributed by atoms with Crippen LogP contribution in [0.15, 0.2) is 48.5 Å². The second-order valence-electron chi connectivity index (χ2n) is 6.43. The fraction of sp³-hybridized carbons (Fsp3) is 0.250. The average Bonchev–Trinajstić information content (AvgIpc) is 3.19. The van der Waals surface area contributed by atoms with Gasteiger partial charge < -0.3 is 14.5 Å². The van der Waals surface area contributed by atoms with Crippen LogP contribution in [0.4, 0.5) is 11.5 Å². The van der Waals surface area contributed by atoms with E-state index < -0.39 is 0 Å². The first kappa shape index (κ1) is 18.1. The Hall–Kier alpha value is -3.24. The van der Waals surface area contributed by atoms with Gasteiger partial charge in [-0.05, 0) is 36.4 Å². The second-order valence-corrected chi connectivity index (χ2v) is 6.86. The highest BCUT2D eigenvalue weighted by atomic mass is 35.5.